The summed E-state index contributed by atoms with van der Waals surface area (Å²) in [4.78, 5) is 20.8. The molecule has 3 aromatic rings. The number of aromatic nitrogens is 4. The lowest BCUT2D eigenvalue weighted by atomic mass is 10.3. The summed E-state index contributed by atoms with van der Waals surface area (Å²) in [6.07, 6.45) is 1.54. The van der Waals surface area contributed by atoms with Gasteiger partial charge in [0.05, 0.1) is 0 Å². The van der Waals surface area contributed by atoms with Crippen molar-refractivity contribution in [1.82, 2.24) is 19.6 Å². The normalized spacial score (nSPS) is 11.6. The molecule has 0 aliphatic heterocycles. The molecule has 0 spiro atoms. The van der Waals surface area contributed by atoms with Gasteiger partial charge in [0, 0.05) is 29.0 Å². The molecule has 0 fully saturated rings. The van der Waals surface area contributed by atoms with Crippen LogP contribution in [0.2, 0.25) is 0 Å². The molecule has 0 aliphatic rings. The number of nitriles is 1. The molecule has 1 N–H and O–H groups in total. The molecule has 0 bridgehead atoms. The standard InChI is InChI=1S/C13H10N6OS2/c1-7-3-10(20)19-13(17-7)22-12(18-19)15-5-9(4-14)11-16-8(2)6-21-11/h3,5-6H,1-2H3,(H,15,18)/b9-5+. The lowest BCUT2D eigenvalue weighted by Gasteiger charge is -1.94. The van der Waals surface area contributed by atoms with Crippen LogP contribution in [0.1, 0.15) is 16.4 Å². The Kier molecular flexibility index (Phi) is 3.70. The fourth-order valence-electron chi connectivity index (χ4n) is 1.73. The van der Waals surface area contributed by atoms with Gasteiger partial charge in [-0.05, 0) is 13.8 Å². The lowest BCUT2D eigenvalue weighted by Crippen LogP contribution is -2.14. The van der Waals surface area contributed by atoms with E-state index in [1.807, 2.05) is 12.3 Å². The Hall–Kier alpha value is -2.57. The molecule has 0 saturated heterocycles. The molecule has 3 rings (SSSR count). The van der Waals surface area contributed by atoms with Crippen molar-refractivity contribution in [1.29, 1.82) is 5.26 Å². The molecule has 0 aromatic carbocycles. The number of nitrogens with one attached hydrogen (secondary N) is 1. The summed E-state index contributed by atoms with van der Waals surface area (Å²) in [7, 11) is 0. The number of nitrogens with zero attached hydrogens (tertiary/aromatic N) is 5. The minimum absolute atomic E-state index is 0.230. The third kappa shape index (κ3) is 2.74. The SMILES string of the molecule is Cc1csc(/C(C#N)=C/Nc2nn3c(=O)cc(C)nc3s2)n1. The molecule has 0 radical (unpaired) electrons. The maximum absolute atomic E-state index is 11.8. The summed E-state index contributed by atoms with van der Waals surface area (Å²) >= 11 is 2.64. The molecule has 22 heavy (non-hydrogen) atoms. The van der Waals surface area contributed by atoms with Gasteiger partial charge in [0.25, 0.3) is 5.56 Å². The smallest absolute Gasteiger partial charge is 0.275 e. The summed E-state index contributed by atoms with van der Waals surface area (Å²) in [6.45, 7) is 3.63. The van der Waals surface area contributed by atoms with Crippen molar-refractivity contribution in [2.24, 2.45) is 0 Å². The van der Waals surface area contributed by atoms with E-state index < -0.39 is 0 Å². The van der Waals surface area contributed by atoms with Crippen molar-refractivity contribution in [2.75, 3.05) is 5.32 Å². The second kappa shape index (κ2) is 5.67. The van der Waals surface area contributed by atoms with Crippen molar-refractivity contribution in [3.05, 3.63) is 44.4 Å². The van der Waals surface area contributed by atoms with Gasteiger partial charge in [-0.2, -0.15) is 9.78 Å². The molecule has 0 amide bonds. The third-order valence-corrected chi connectivity index (χ3v) is 4.52. The van der Waals surface area contributed by atoms with Gasteiger partial charge in [0.1, 0.15) is 16.6 Å². The molecular weight excluding hydrogens is 320 g/mol. The van der Waals surface area contributed by atoms with E-state index >= 15 is 0 Å². The van der Waals surface area contributed by atoms with Crippen LogP contribution in [0.3, 0.4) is 0 Å². The summed E-state index contributed by atoms with van der Waals surface area (Å²) in [5, 5.41) is 19.3. The highest BCUT2D eigenvalue weighted by Gasteiger charge is 2.08. The summed E-state index contributed by atoms with van der Waals surface area (Å²) in [6, 6.07) is 3.52. The second-order valence-electron chi connectivity index (χ2n) is 4.45. The number of anilines is 1. The van der Waals surface area contributed by atoms with Gasteiger partial charge in [-0.25, -0.2) is 9.97 Å². The first-order valence-electron chi connectivity index (χ1n) is 6.23. The van der Waals surface area contributed by atoms with Crippen molar-refractivity contribution < 1.29 is 0 Å². The highest BCUT2D eigenvalue weighted by molar-refractivity contribution is 7.20. The summed E-state index contributed by atoms with van der Waals surface area (Å²) in [5.41, 5.74) is 1.69. The van der Waals surface area contributed by atoms with E-state index in [4.69, 9.17) is 0 Å². The quantitative estimate of drug-likeness (QED) is 0.740. The van der Waals surface area contributed by atoms with Crippen LogP contribution in [0, 0.1) is 25.2 Å². The molecule has 0 aliphatic carbocycles. The fraction of sp³-hybridized carbons (Fsp3) is 0.154. The summed E-state index contributed by atoms with van der Waals surface area (Å²) < 4.78 is 1.23. The van der Waals surface area contributed by atoms with Gasteiger partial charge >= 0.3 is 0 Å². The number of aryl methyl sites for hydroxylation is 2. The highest BCUT2D eigenvalue weighted by atomic mass is 32.1. The van der Waals surface area contributed by atoms with Gasteiger partial charge in [-0.15, -0.1) is 16.4 Å². The van der Waals surface area contributed by atoms with E-state index in [1.54, 1.807) is 6.92 Å². The van der Waals surface area contributed by atoms with Crippen LogP contribution in [0.4, 0.5) is 5.13 Å². The van der Waals surface area contributed by atoms with Crippen LogP contribution < -0.4 is 10.9 Å². The molecule has 3 heterocycles. The molecule has 9 heteroatoms. The predicted octanol–water partition coefficient (Wildman–Crippen LogP) is 2.20. The third-order valence-electron chi connectivity index (χ3n) is 2.68. The minimum Gasteiger partial charge on any atom is -0.335 e. The lowest BCUT2D eigenvalue weighted by molar-refractivity contribution is 0.894. The van der Waals surface area contributed by atoms with Crippen LogP contribution in [0.25, 0.3) is 10.5 Å². The Morgan fingerprint density at radius 2 is 2.23 bits per heavy atom. The number of fused-ring (bicyclic) bond motifs is 1. The zero-order valence-electron chi connectivity index (χ0n) is 11.7. The highest BCUT2D eigenvalue weighted by Crippen LogP contribution is 2.21. The van der Waals surface area contributed by atoms with Crippen molar-refractivity contribution in [3.63, 3.8) is 0 Å². The first-order valence-corrected chi connectivity index (χ1v) is 7.93. The van der Waals surface area contributed by atoms with Gasteiger partial charge < -0.3 is 5.32 Å². The molecule has 3 aromatic heterocycles. The number of hydrogen-bond donors (Lipinski definition) is 1. The van der Waals surface area contributed by atoms with Crippen molar-refractivity contribution in [2.45, 2.75) is 13.8 Å². The van der Waals surface area contributed by atoms with Crippen LogP contribution in [-0.2, 0) is 0 Å². The molecule has 0 atom stereocenters. The Morgan fingerprint density at radius 1 is 1.41 bits per heavy atom. The van der Waals surface area contributed by atoms with Crippen LogP contribution >= 0.6 is 22.7 Å². The van der Waals surface area contributed by atoms with Crippen molar-refractivity contribution >= 4 is 38.3 Å². The molecular formula is C13H10N6OS2. The number of thiazole rings is 1. The molecule has 110 valence electrons. The number of rotatable bonds is 3. The largest absolute Gasteiger partial charge is 0.335 e. The Balaban J connectivity index is 1.93. The van der Waals surface area contributed by atoms with Gasteiger partial charge in [0.15, 0.2) is 0 Å². The van der Waals surface area contributed by atoms with Crippen LogP contribution in [0.5, 0.6) is 0 Å². The Labute approximate surface area is 133 Å². The predicted molar refractivity (Wildman–Crippen MR) is 85.9 cm³/mol. The van der Waals surface area contributed by atoms with Gasteiger partial charge in [-0.1, -0.05) is 11.3 Å². The second-order valence-corrected chi connectivity index (χ2v) is 6.26. The zero-order valence-corrected chi connectivity index (χ0v) is 13.3. The van der Waals surface area contributed by atoms with E-state index in [1.165, 1.54) is 39.5 Å². The van der Waals surface area contributed by atoms with Crippen molar-refractivity contribution in [3.8, 4) is 6.07 Å². The first kappa shape index (κ1) is 14.4. The molecule has 7 nitrogen and oxygen atoms in total. The van der Waals surface area contributed by atoms with E-state index in [0.29, 0.717) is 26.4 Å². The van der Waals surface area contributed by atoms with E-state index in [2.05, 4.69) is 26.5 Å². The molecule has 0 unspecified atom stereocenters. The average Bonchev–Trinajstić information content (AvgIpc) is 3.06. The Bertz CT molecular complexity index is 974. The first-order chi connectivity index (χ1) is 10.6. The van der Waals surface area contributed by atoms with Crippen LogP contribution in [-0.4, -0.2) is 19.6 Å². The topological polar surface area (TPSA) is 96.0 Å². The minimum atomic E-state index is -0.230. The van der Waals surface area contributed by atoms with Gasteiger partial charge in [-0.3, -0.25) is 4.79 Å². The maximum Gasteiger partial charge on any atom is 0.275 e. The maximum atomic E-state index is 11.8. The van der Waals surface area contributed by atoms with E-state index in [9.17, 15) is 10.1 Å². The van der Waals surface area contributed by atoms with E-state index in [-0.39, 0.29) is 5.56 Å². The fourth-order valence-corrected chi connectivity index (χ4v) is 3.32. The average molecular weight is 330 g/mol. The van der Waals surface area contributed by atoms with Crippen LogP contribution in [0.15, 0.2) is 22.4 Å². The number of hydrogen-bond acceptors (Lipinski definition) is 8. The molecule has 0 saturated carbocycles. The monoisotopic (exact) mass is 330 g/mol. The zero-order chi connectivity index (χ0) is 15.7. The number of allylic oxidation sites excluding steroid dienone is 1. The van der Waals surface area contributed by atoms with Gasteiger partial charge in [0.2, 0.25) is 10.1 Å². The summed E-state index contributed by atoms with van der Waals surface area (Å²) in [5.74, 6) is 0. The Morgan fingerprint density at radius 3 is 2.91 bits per heavy atom. The van der Waals surface area contributed by atoms with E-state index in [0.717, 1.165) is 5.69 Å².